The summed E-state index contributed by atoms with van der Waals surface area (Å²) >= 11 is 0. The van der Waals surface area contributed by atoms with Crippen molar-refractivity contribution < 1.29 is 27.1 Å². The molecule has 2 aromatic rings. The maximum absolute atomic E-state index is 14.8. The number of amides is 1. The predicted octanol–water partition coefficient (Wildman–Crippen LogP) is 3.66. The molecule has 0 saturated carbocycles. The zero-order valence-corrected chi connectivity index (χ0v) is 16.5. The van der Waals surface area contributed by atoms with E-state index >= 15 is 0 Å². The van der Waals surface area contributed by atoms with E-state index in [1.165, 1.54) is 32.4 Å². The summed E-state index contributed by atoms with van der Waals surface area (Å²) in [6.45, 7) is 2.25. The van der Waals surface area contributed by atoms with E-state index in [9.17, 15) is 22.4 Å². The van der Waals surface area contributed by atoms with Crippen molar-refractivity contribution in [2.75, 3.05) is 12.4 Å². The lowest BCUT2D eigenvalue weighted by Crippen LogP contribution is -2.51. The summed E-state index contributed by atoms with van der Waals surface area (Å²) < 4.78 is 62.9. The van der Waals surface area contributed by atoms with Crippen molar-refractivity contribution in [1.29, 1.82) is 0 Å². The summed E-state index contributed by atoms with van der Waals surface area (Å²) in [7, 11) is 1.43. The van der Waals surface area contributed by atoms with Crippen LogP contribution in [-0.4, -0.2) is 35.7 Å². The van der Waals surface area contributed by atoms with Gasteiger partial charge in [-0.2, -0.15) is 0 Å². The highest BCUT2D eigenvalue weighted by Crippen LogP contribution is 2.43. The van der Waals surface area contributed by atoms with Gasteiger partial charge < -0.3 is 15.8 Å². The third-order valence-corrected chi connectivity index (χ3v) is 5.10. The lowest BCUT2D eigenvalue weighted by molar-refractivity contribution is 0.102. The number of benzene rings is 1. The van der Waals surface area contributed by atoms with E-state index in [4.69, 9.17) is 10.5 Å². The molecule has 3 N–H and O–H groups in total. The average molecular weight is 424 g/mol. The predicted molar refractivity (Wildman–Crippen MR) is 103 cm³/mol. The summed E-state index contributed by atoms with van der Waals surface area (Å²) in [5.41, 5.74) is 0.763. The number of aliphatic imine (C=N–C) groups is 1. The van der Waals surface area contributed by atoms with Crippen LogP contribution in [0.3, 0.4) is 0 Å². The van der Waals surface area contributed by atoms with Crippen LogP contribution in [0.2, 0.25) is 0 Å². The molecule has 10 heteroatoms. The van der Waals surface area contributed by atoms with Crippen LogP contribution in [0.1, 0.15) is 36.3 Å². The number of hydrogen-bond donors (Lipinski definition) is 2. The number of rotatable bonds is 4. The molecule has 2 heterocycles. The van der Waals surface area contributed by atoms with Gasteiger partial charge in [-0.05, 0) is 32.0 Å². The Bertz CT molecular complexity index is 1010. The molecule has 160 valence electrons. The van der Waals surface area contributed by atoms with Crippen molar-refractivity contribution in [3.8, 4) is 5.75 Å². The van der Waals surface area contributed by atoms with Crippen LogP contribution in [0.5, 0.6) is 5.75 Å². The summed E-state index contributed by atoms with van der Waals surface area (Å²) in [6.07, 6.45) is -1.34. The van der Waals surface area contributed by atoms with Crippen LogP contribution in [0, 0.1) is 11.6 Å². The van der Waals surface area contributed by atoms with Crippen molar-refractivity contribution >= 4 is 17.4 Å². The van der Waals surface area contributed by atoms with Gasteiger partial charge in [0.2, 0.25) is 0 Å². The first-order valence-corrected chi connectivity index (χ1v) is 8.97. The molecule has 1 aromatic heterocycles. The number of nitrogens with two attached hydrogens (primary N) is 1. The van der Waals surface area contributed by atoms with Gasteiger partial charge in [0.05, 0.1) is 13.3 Å². The number of halogens is 4. The minimum Gasteiger partial charge on any atom is -0.495 e. The SMILES string of the molecule is COc1ccc(C(=O)Nc2cc(F)c(F)c([C@@]3(C)N=C(N)[C@](C)(F)C[C@@H]3F)c2)nc1. The van der Waals surface area contributed by atoms with Gasteiger partial charge in [0.15, 0.2) is 17.3 Å². The fourth-order valence-electron chi connectivity index (χ4n) is 3.17. The van der Waals surface area contributed by atoms with Crippen LogP contribution in [0.25, 0.3) is 0 Å². The van der Waals surface area contributed by atoms with E-state index in [1.54, 1.807) is 0 Å². The Morgan fingerprint density at radius 1 is 1.30 bits per heavy atom. The van der Waals surface area contributed by atoms with Gasteiger partial charge in [-0.15, -0.1) is 0 Å². The lowest BCUT2D eigenvalue weighted by Gasteiger charge is -2.39. The maximum Gasteiger partial charge on any atom is 0.274 e. The van der Waals surface area contributed by atoms with E-state index in [0.29, 0.717) is 5.75 Å². The zero-order valence-electron chi connectivity index (χ0n) is 16.5. The normalized spacial score (nSPS) is 26.1. The number of methoxy groups -OCH3 is 1. The third-order valence-electron chi connectivity index (χ3n) is 5.10. The van der Waals surface area contributed by atoms with Crippen molar-refractivity contribution in [2.24, 2.45) is 10.7 Å². The van der Waals surface area contributed by atoms with Crippen molar-refractivity contribution in [3.05, 3.63) is 53.4 Å². The molecule has 0 fully saturated rings. The number of hydrogen-bond acceptors (Lipinski definition) is 5. The Morgan fingerprint density at radius 3 is 2.60 bits per heavy atom. The molecule has 0 saturated heterocycles. The standard InChI is InChI=1S/C20H20F4N4O2/c1-19(24)8-15(22)20(2,28-18(19)25)12-6-10(7-13(21)16(12)23)27-17(29)14-5-4-11(30-3)9-26-14/h4-7,9,15H,8H2,1-3H3,(H2,25,28)(H,27,29)/t15-,19+,20+/m0/s1. The molecular weight excluding hydrogens is 404 g/mol. The summed E-state index contributed by atoms with van der Waals surface area (Å²) in [5.74, 6) is -3.49. The molecule has 0 radical (unpaired) electrons. The highest BCUT2D eigenvalue weighted by atomic mass is 19.2. The van der Waals surface area contributed by atoms with Crippen LogP contribution in [0.15, 0.2) is 35.5 Å². The largest absolute Gasteiger partial charge is 0.495 e. The monoisotopic (exact) mass is 424 g/mol. The van der Waals surface area contributed by atoms with E-state index in [1.807, 2.05) is 0 Å². The van der Waals surface area contributed by atoms with Gasteiger partial charge >= 0.3 is 0 Å². The second-order valence-corrected chi connectivity index (χ2v) is 7.37. The molecule has 3 atom stereocenters. The van der Waals surface area contributed by atoms with Crippen molar-refractivity contribution in [1.82, 2.24) is 4.98 Å². The quantitative estimate of drug-likeness (QED) is 0.733. The number of alkyl halides is 2. The highest BCUT2D eigenvalue weighted by Gasteiger charge is 2.49. The number of carbonyl (C=O) groups is 1. The number of carbonyl (C=O) groups excluding carboxylic acids is 1. The molecule has 0 bridgehead atoms. The second-order valence-electron chi connectivity index (χ2n) is 7.37. The van der Waals surface area contributed by atoms with Gasteiger partial charge in [-0.25, -0.2) is 22.5 Å². The molecule has 6 nitrogen and oxygen atoms in total. The number of pyridine rings is 1. The molecule has 1 amide bonds. The molecule has 1 aromatic carbocycles. The fourth-order valence-corrected chi connectivity index (χ4v) is 3.17. The van der Waals surface area contributed by atoms with Crippen LogP contribution < -0.4 is 15.8 Å². The Labute approximate surface area is 170 Å². The smallest absolute Gasteiger partial charge is 0.274 e. The summed E-state index contributed by atoms with van der Waals surface area (Å²) in [5, 5.41) is 2.38. The van der Waals surface area contributed by atoms with Gasteiger partial charge in [0, 0.05) is 23.7 Å². The van der Waals surface area contributed by atoms with E-state index < -0.39 is 52.7 Å². The zero-order chi connectivity index (χ0) is 22.3. The van der Waals surface area contributed by atoms with Gasteiger partial charge in [-0.1, -0.05) is 0 Å². The summed E-state index contributed by atoms with van der Waals surface area (Å²) in [6, 6.07) is 4.67. The van der Waals surface area contributed by atoms with Gasteiger partial charge in [-0.3, -0.25) is 9.79 Å². The highest BCUT2D eigenvalue weighted by molar-refractivity contribution is 6.03. The second kappa shape index (κ2) is 7.58. The number of nitrogens with one attached hydrogen (secondary N) is 1. The molecule has 0 spiro atoms. The maximum atomic E-state index is 14.8. The van der Waals surface area contributed by atoms with Gasteiger partial charge in [0.1, 0.15) is 29.0 Å². The van der Waals surface area contributed by atoms with Crippen molar-refractivity contribution in [2.45, 2.75) is 37.6 Å². The Kier molecular flexibility index (Phi) is 5.44. The molecular formula is C20H20F4N4O2. The average Bonchev–Trinajstić information content (AvgIpc) is 2.69. The van der Waals surface area contributed by atoms with E-state index in [0.717, 1.165) is 19.1 Å². The van der Waals surface area contributed by atoms with Gasteiger partial charge in [0.25, 0.3) is 5.91 Å². The molecule has 3 rings (SSSR count). The van der Waals surface area contributed by atoms with Crippen molar-refractivity contribution in [3.63, 3.8) is 0 Å². The minimum absolute atomic E-state index is 0.00945. The van der Waals surface area contributed by atoms with Crippen LogP contribution in [0.4, 0.5) is 23.2 Å². The summed E-state index contributed by atoms with van der Waals surface area (Å²) in [4.78, 5) is 20.1. The molecule has 30 heavy (non-hydrogen) atoms. The number of amidine groups is 1. The topological polar surface area (TPSA) is 89.6 Å². The molecule has 0 unspecified atom stereocenters. The Hall–Kier alpha value is -3.17. The first kappa shape index (κ1) is 21.5. The van der Waals surface area contributed by atoms with Crippen LogP contribution in [-0.2, 0) is 5.54 Å². The first-order chi connectivity index (χ1) is 14.0. The third kappa shape index (κ3) is 3.81. The lowest BCUT2D eigenvalue weighted by atomic mass is 9.79. The number of anilines is 1. The van der Waals surface area contributed by atoms with E-state index in [-0.39, 0.29) is 11.4 Å². The number of ether oxygens (including phenoxy) is 1. The number of nitrogens with zero attached hydrogens (tertiary/aromatic N) is 2. The molecule has 1 aliphatic rings. The molecule has 1 aliphatic heterocycles. The number of aromatic nitrogens is 1. The Balaban J connectivity index is 1.98. The first-order valence-electron chi connectivity index (χ1n) is 8.97. The fraction of sp³-hybridized carbons (Fsp3) is 0.350. The van der Waals surface area contributed by atoms with Crippen LogP contribution >= 0.6 is 0 Å². The Morgan fingerprint density at radius 2 is 2.00 bits per heavy atom. The van der Waals surface area contributed by atoms with E-state index in [2.05, 4.69) is 15.3 Å². The minimum atomic E-state index is -2.21. The molecule has 0 aliphatic carbocycles.